The third kappa shape index (κ3) is 24.8. The molecule has 4 aromatic rings. The van der Waals surface area contributed by atoms with Crippen LogP contribution in [-0.4, -0.2) is 16.8 Å². The molecule has 0 spiro atoms. The molecule has 13 heteroatoms. The SMILES string of the molecule is CCCCCCC(CCCCC)c1ccc(S(=O)(=O)Nc2ccc(F)[c-]c2F)cc1.CCCCCCC(CCCCC)c1ccc(S(=O)(=O)Nc2ccc(F)[c-]c2F)cc1.[C-]1=CC=CC1.[C-]1=CC=CC1.[Ti+4]. The van der Waals surface area contributed by atoms with Crippen LogP contribution < -0.4 is 9.44 Å². The zero-order valence-corrected chi connectivity index (χ0v) is 45.3. The largest absolute Gasteiger partial charge is 4.00 e. The quantitative estimate of drug-likeness (QED) is 0.0284. The molecule has 384 valence electrons. The smallest absolute Gasteiger partial charge is 0.330 e. The Kier molecular flexibility index (Phi) is 31.7. The summed E-state index contributed by atoms with van der Waals surface area (Å²) >= 11 is 0. The summed E-state index contributed by atoms with van der Waals surface area (Å²) in [6, 6.07) is 21.3. The summed E-state index contributed by atoms with van der Waals surface area (Å²) in [4.78, 5) is 0.0986. The third-order valence-electron chi connectivity index (χ3n) is 11.8. The molecule has 0 saturated carbocycles. The Labute approximate surface area is 440 Å². The van der Waals surface area contributed by atoms with Gasteiger partial charge in [-0.2, -0.15) is 12.2 Å². The second-order valence-electron chi connectivity index (χ2n) is 17.5. The molecule has 0 aliphatic heterocycles. The number of rotatable bonds is 26. The van der Waals surface area contributed by atoms with E-state index in [-0.39, 0.29) is 42.9 Å². The Morgan fingerprint density at radius 3 is 1.06 bits per heavy atom. The van der Waals surface area contributed by atoms with Crippen molar-refractivity contribution >= 4 is 31.4 Å². The van der Waals surface area contributed by atoms with Crippen LogP contribution in [0.15, 0.2) is 119 Å². The summed E-state index contributed by atoms with van der Waals surface area (Å²) in [5.74, 6) is -3.07. The maximum absolute atomic E-state index is 13.8. The fourth-order valence-electron chi connectivity index (χ4n) is 7.84. The van der Waals surface area contributed by atoms with E-state index in [1.165, 1.54) is 77.0 Å². The molecule has 6 rings (SSSR count). The maximum atomic E-state index is 13.8. The molecule has 2 aliphatic carbocycles. The second kappa shape index (κ2) is 35.8. The number of anilines is 2. The minimum absolute atomic E-state index is 0. The number of allylic oxidation sites excluding steroid dienone is 8. The van der Waals surface area contributed by atoms with Crippen LogP contribution in [0.1, 0.15) is 179 Å². The van der Waals surface area contributed by atoms with Gasteiger partial charge in [-0.1, -0.05) is 142 Å². The summed E-state index contributed by atoms with van der Waals surface area (Å²) < 4.78 is 108. The van der Waals surface area contributed by atoms with E-state index in [0.717, 1.165) is 86.8 Å². The van der Waals surface area contributed by atoms with Gasteiger partial charge >= 0.3 is 21.7 Å². The van der Waals surface area contributed by atoms with Gasteiger partial charge in [-0.3, -0.25) is 12.2 Å². The van der Waals surface area contributed by atoms with Crippen LogP contribution in [-0.2, 0) is 41.8 Å². The first-order valence-electron chi connectivity index (χ1n) is 25.2. The van der Waals surface area contributed by atoms with Crippen molar-refractivity contribution in [2.45, 2.75) is 178 Å². The predicted molar refractivity (Wildman–Crippen MR) is 279 cm³/mol. The molecule has 6 nitrogen and oxygen atoms in total. The number of hydrogen-bond donors (Lipinski definition) is 2. The summed E-state index contributed by atoms with van der Waals surface area (Å²) in [7, 11) is -7.94. The average molecular weight is 1050 g/mol. The standard InChI is InChI=1S/2C24H32F2NO2S.2C5H5.Ti/c2*1-3-5-7-9-11-19(10-8-6-4-2)20-12-15-22(16-13-20)30(28,29)27-24-17-14-21(25)18-23(24)26;2*1-2-4-5-3-1;/h2*12-17,19,27H,3-11H2,1-2H3;2*1-3H,4H2;/q4*-1;+4. The number of halogens is 4. The van der Waals surface area contributed by atoms with Crippen molar-refractivity contribution in [3.63, 3.8) is 0 Å². The van der Waals surface area contributed by atoms with Crippen LogP contribution in [0.2, 0.25) is 0 Å². The number of sulfonamides is 2. The first-order chi connectivity index (χ1) is 33.7. The van der Waals surface area contributed by atoms with Crippen LogP contribution in [0.25, 0.3) is 0 Å². The molecule has 0 aromatic heterocycles. The first kappa shape index (κ1) is 62.9. The van der Waals surface area contributed by atoms with Gasteiger partial charge in [0.15, 0.2) is 0 Å². The van der Waals surface area contributed by atoms with Crippen LogP contribution in [0.5, 0.6) is 0 Å². The molecular weight excluding hydrogens is 977 g/mol. The van der Waals surface area contributed by atoms with Gasteiger partial charge < -0.3 is 9.44 Å². The summed E-state index contributed by atoms with van der Waals surface area (Å²) in [5, 5.41) is 0. The Morgan fingerprint density at radius 1 is 0.465 bits per heavy atom. The van der Waals surface area contributed by atoms with E-state index in [1.807, 2.05) is 60.7 Å². The molecule has 4 aromatic carbocycles. The van der Waals surface area contributed by atoms with E-state index in [4.69, 9.17) is 0 Å². The van der Waals surface area contributed by atoms with E-state index < -0.39 is 43.3 Å². The molecule has 0 heterocycles. The monoisotopic (exact) mass is 1050 g/mol. The minimum Gasteiger partial charge on any atom is -0.330 e. The van der Waals surface area contributed by atoms with Gasteiger partial charge in [-0.05, 0) is 84.3 Å². The number of hydrogen-bond acceptors (Lipinski definition) is 4. The molecule has 0 fully saturated rings. The molecule has 2 N–H and O–H groups in total. The van der Waals surface area contributed by atoms with Gasteiger partial charge in [0.05, 0.1) is 9.79 Å². The van der Waals surface area contributed by atoms with E-state index in [2.05, 4.69) is 61.4 Å². The average Bonchev–Trinajstić information content (AvgIpc) is 4.15. The summed E-state index contributed by atoms with van der Waals surface area (Å²) in [6.45, 7) is 8.76. The van der Waals surface area contributed by atoms with Crippen LogP contribution in [0.3, 0.4) is 0 Å². The van der Waals surface area contributed by atoms with Crippen molar-refractivity contribution in [3.8, 4) is 0 Å². The van der Waals surface area contributed by atoms with Crippen LogP contribution >= 0.6 is 0 Å². The summed E-state index contributed by atoms with van der Waals surface area (Å²) in [5.41, 5.74) is 1.63. The first-order valence-corrected chi connectivity index (χ1v) is 28.1. The van der Waals surface area contributed by atoms with E-state index in [9.17, 15) is 34.4 Å². The van der Waals surface area contributed by atoms with Crippen LogP contribution in [0, 0.1) is 47.6 Å². The van der Waals surface area contributed by atoms with E-state index >= 15 is 0 Å². The van der Waals surface area contributed by atoms with Gasteiger partial charge in [0.1, 0.15) is 0 Å². The van der Waals surface area contributed by atoms with Crippen molar-refractivity contribution in [3.05, 3.63) is 168 Å². The van der Waals surface area contributed by atoms with Crippen molar-refractivity contribution in [2.75, 3.05) is 9.44 Å². The molecule has 2 unspecified atom stereocenters. The Hall–Kier alpha value is -4.23. The fourth-order valence-corrected chi connectivity index (χ4v) is 9.96. The summed E-state index contributed by atoms with van der Waals surface area (Å²) in [6.07, 6.45) is 41.1. The van der Waals surface area contributed by atoms with E-state index in [1.54, 1.807) is 24.3 Å². The van der Waals surface area contributed by atoms with Gasteiger partial charge in [0.25, 0.3) is 20.0 Å². The van der Waals surface area contributed by atoms with Gasteiger partial charge in [-0.15, -0.1) is 49.2 Å². The van der Waals surface area contributed by atoms with Crippen molar-refractivity contribution < 1.29 is 56.1 Å². The van der Waals surface area contributed by atoms with Gasteiger partial charge in [0, 0.05) is 23.3 Å². The molecule has 0 amide bonds. The fraction of sp³-hybridized carbons (Fsp3) is 0.448. The molecule has 0 bridgehead atoms. The molecule has 0 saturated heterocycles. The van der Waals surface area contributed by atoms with Crippen molar-refractivity contribution in [2.24, 2.45) is 0 Å². The molecule has 2 aliphatic rings. The van der Waals surface area contributed by atoms with Crippen molar-refractivity contribution in [1.82, 2.24) is 0 Å². The van der Waals surface area contributed by atoms with E-state index in [0.29, 0.717) is 11.8 Å². The van der Waals surface area contributed by atoms with Crippen molar-refractivity contribution in [1.29, 1.82) is 0 Å². The van der Waals surface area contributed by atoms with Crippen LogP contribution in [0.4, 0.5) is 28.9 Å². The minimum atomic E-state index is -3.97. The maximum Gasteiger partial charge on any atom is 4.00 e. The second-order valence-corrected chi connectivity index (χ2v) is 20.9. The topological polar surface area (TPSA) is 92.3 Å². The Bertz CT molecular complexity index is 2250. The number of benzene rings is 4. The van der Waals surface area contributed by atoms with Gasteiger partial charge in [-0.25, -0.2) is 58.7 Å². The zero-order valence-electron chi connectivity index (χ0n) is 42.2. The Balaban J connectivity index is 0.000000399. The number of unbranched alkanes of at least 4 members (excludes halogenated alkanes) is 10. The third-order valence-corrected chi connectivity index (χ3v) is 14.6. The van der Waals surface area contributed by atoms with Gasteiger partial charge in [0.2, 0.25) is 0 Å². The number of nitrogens with one attached hydrogen (secondary N) is 2. The molecule has 71 heavy (non-hydrogen) atoms. The molecular formula is C58H74F4N2O4S2Ti. The molecule has 2 atom stereocenters. The molecule has 0 radical (unpaired) electrons. The zero-order chi connectivity index (χ0) is 51.0. The predicted octanol–water partition coefficient (Wildman–Crippen LogP) is 17.0. The Morgan fingerprint density at radius 2 is 0.789 bits per heavy atom. The normalized spacial score (nSPS) is 13.2.